The molecular weight excluding hydrogens is 406 g/mol. The molecule has 0 aliphatic carbocycles. The fourth-order valence-electron chi connectivity index (χ4n) is 2.98. The van der Waals surface area contributed by atoms with Crippen LogP contribution in [0.15, 0.2) is 67.3 Å². The summed E-state index contributed by atoms with van der Waals surface area (Å²) in [5, 5.41) is 13.7. The molecule has 1 unspecified atom stereocenters. The predicted molar refractivity (Wildman–Crippen MR) is 106 cm³/mol. The van der Waals surface area contributed by atoms with Crippen LogP contribution < -0.4 is 10.1 Å². The van der Waals surface area contributed by atoms with Crippen LogP contribution >= 0.6 is 0 Å². The molecule has 0 saturated carbocycles. The number of carbonyl (C=O) groups is 1. The third-order valence-electron chi connectivity index (χ3n) is 4.50. The van der Waals surface area contributed by atoms with Crippen LogP contribution in [0, 0.1) is 11.6 Å². The molecule has 8 nitrogen and oxygen atoms in total. The van der Waals surface area contributed by atoms with Gasteiger partial charge in [0.25, 0.3) is 0 Å². The van der Waals surface area contributed by atoms with Crippen molar-refractivity contribution in [2.24, 2.45) is 0 Å². The number of rotatable bonds is 5. The fourth-order valence-corrected chi connectivity index (χ4v) is 2.98. The molecule has 4 aromatic rings. The lowest BCUT2D eigenvalue weighted by molar-refractivity contribution is 0.197. The standard InChI is InChI=1S/C21H16F2N6O2/c1-13(14-4-6-24-7-5-14)26-21(30)31-18-9-15(19-3-2-16(22)10-20(19)23)8-17(11-18)29-12-25-27-28-29/h2-13H,1H3,(H,26,30). The SMILES string of the molecule is CC(NC(=O)Oc1cc(-c2ccc(F)cc2F)cc(-n2cnnn2)c1)c1ccncc1. The molecule has 1 N–H and O–H groups in total. The van der Waals surface area contributed by atoms with Crippen LogP contribution in [0.25, 0.3) is 16.8 Å². The molecule has 0 radical (unpaired) electrons. The molecule has 10 heteroatoms. The Morgan fingerprint density at radius 3 is 2.61 bits per heavy atom. The average molecular weight is 422 g/mol. The molecule has 2 aromatic heterocycles. The summed E-state index contributed by atoms with van der Waals surface area (Å²) >= 11 is 0. The maximum Gasteiger partial charge on any atom is 0.413 e. The van der Waals surface area contributed by atoms with Gasteiger partial charge in [-0.1, -0.05) is 0 Å². The van der Waals surface area contributed by atoms with Crippen molar-refractivity contribution in [3.63, 3.8) is 0 Å². The van der Waals surface area contributed by atoms with Crippen molar-refractivity contribution in [3.8, 4) is 22.6 Å². The summed E-state index contributed by atoms with van der Waals surface area (Å²) in [7, 11) is 0. The predicted octanol–water partition coefficient (Wildman–Crippen LogP) is 3.85. The lowest BCUT2D eigenvalue weighted by Crippen LogP contribution is -2.29. The highest BCUT2D eigenvalue weighted by Gasteiger charge is 2.15. The number of tetrazole rings is 1. The smallest absolute Gasteiger partial charge is 0.410 e. The quantitative estimate of drug-likeness (QED) is 0.525. The highest BCUT2D eigenvalue weighted by atomic mass is 19.1. The maximum absolute atomic E-state index is 14.4. The first-order valence-electron chi connectivity index (χ1n) is 9.22. The van der Waals surface area contributed by atoms with Crippen LogP contribution in [-0.4, -0.2) is 31.3 Å². The van der Waals surface area contributed by atoms with Crippen molar-refractivity contribution in [1.29, 1.82) is 0 Å². The number of amides is 1. The zero-order valence-electron chi connectivity index (χ0n) is 16.2. The number of hydrogen-bond acceptors (Lipinski definition) is 6. The van der Waals surface area contributed by atoms with Crippen molar-refractivity contribution in [2.75, 3.05) is 0 Å². The van der Waals surface area contributed by atoms with Crippen LogP contribution in [0.5, 0.6) is 5.75 Å². The van der Waals surface area contributed by atoms with E-state index < -0.39 is 17.7 Å². The Morgan fingerprint density at radius 2 is 1.90 bits per heavy atom. The minimum absolute atomic E-state index is 0.131. The van der Waals surface area contributed by atoms with E-state index >= 15 is 0 Å². The molecule has 0 saturated heterocycles. The van der Waals surface area contributed by atoms with Crippen molar-refractivity contribution < 1.29 is 18.3 Å². The molecule has 2 heterocycles. The van der Waals surface area contributed by atoms with E-state index in [9.17, 15) is 13.6 Å². The molecule has 4 rings (SSSR count). The molecule has 1 amide bonds. The van der Waals surface area contributed by atoms with E-state index in [0.29, 0.717) is 11.3 Å². The van der Waals surface area contributed by atoms with E-state index in [4.69, 9.17) is 4.74 Å². The second kappa shape index (κ2) is 8.66. The molecule has 0 bridgehead atoms. The number of benzene rings is 2. The molecule has 0 fully saturated rings. The molecule has 31 heavy (non-hydrogen) atoms. The van der Waals surface area contributed by atoms with Crippen LogP contribution in [-0.2, 0) is 0 Å². The van der Waals surface area contributed by atoms with Gasteiger partial charge in [-0.2, -0.15) is 0 Å². The zero-order valence-corrected chi connectivity index (χ0v) is 16.2. The zero-order chi connectivity index (χ0) is 21.8. The number of halogens is 2. The van der Waals surface area contributed by atoms with Gasteiger partial charge in [-0.05, 0) is 64.9 Å². The van der Waals surface area contributed by atoms with E-state index in [1.54, 1.807) is 37.5 Å². The van der Waals surface area contributed by atoms with Gasteiger partial charge in [0.2, 0.25) is 0 Å². The van der Waals surface area contributed by atoms with Gasteiger partial charge >= 0.3 is 6.09 Å². The highest BCUT2D eigenvalue weighted by molar-refractivity contribution is 5.74. The summed E-state index contributed by atoms with van der Waals surface area (Å²) in [6, 6.07) is 11.0. The third-order valence-corrected chi connectivity index (χ3v) is 4.50. The monoisotopic (exact) mass is 422 g/mol. The number of nitrogens with one attached hydrogen (secondary N) is 1. The number of nitrogens with zero attached hydrogens (tertiary/aromatic N) is 5. The number of aromatic nitrogens is 5. The van der Waals surface area contributed by atoms with E-state index in [2.05, 4.69) is 25.8 Å². The van der Waals surface area contributed by atoms with Gasteiger partial charge in [-0.3, -0.25) is 4.98 Å². The minimum Gasteiger partial charge on any atom is -0.410 e. The Hall–Kier alpha value is -4.21. The van der Waals surface area contributed by atoms with Crippen molar-refractivity contribution in [1.82, 2.24) is 30.5 Å². The summed E-state index contributed by atoms with van der Waals surface area (Å²) < 4.78 is 34.4. The number of carbonyl (C=O) groups excluding carboxylic acids is 1. The minimum atomic E-state index is -0.754. The number of ether oxygens (including phenoxy) is 1. The van der Waals surface area contributed by atoms with Gasteiger partial charge in [-0.25, -0.2) is 18.3 Å². The van der Waals surface area contributed by atoms with E-state index in [-0.39, 0.29) is 17.4 Å². The molecule has 1 atom stereocenters. The number of hydrogen-bond donors (Lipinski definition) is 1. The summed E-state index contributed by atoms with van der Waals surface area (Å²) in [6.07, 6.45) is 3.88. The normalized spacial score (nSPS) is 11.7. The van der Waals surface area contributed by atoms with Gasteiger partial charge in [0.05, 0.1) is 11.7 Å². The topological polar surface area (TPSA) is 94.8 Å². The molecule has 0 spiro atoms. The van der Waals surface area contributed by atoms with Crippen molar-refractivity contribution >= 4 is 6.09 Å². The van der Waals surface area contributed by atoms with Crippen molar-refractivity contribution in [2.45, 2.75) is 13.0 Å². The second-order valence-corrected chi connectivity index (χ2v) is 6.63. The molecule has 0 aliphatic rings. The summed E-state index contributed by atoms with van der Waals surface area (Å²) in [5.74, 6) is -1.32. The van der Waals surface area contributed by atoms with Crippen LogP contribution in [0.4, 0.5) is 13.6 Å². The first-order valence-corrected chi connectivity index (χ1v) is 9.22. The number of pyridine rings is 1. The van der Waals surface area contributed by atoms with Gasteiger partial charge in [-0.15, -0.1) is 5.10 Å². The summed E-state index contributed by atoms with van der Waals surface area (Å²) in [5.41, 5.74) is 1.77. The first kappa shape index (κ1) is 20.1. The first-order chi connectivity index (χ1) is 15.0. The molecule has 156 valence electrons. The fraction of sp³-hybridized carbons (Fsp3) is 0.0952. The van der Waals surface area contributed by atoms with Gasteiger partial charge < -0.3 is 10.1 Å². The second-order valence-electron chi connectivity index (χ2n) is 6.63. The Morgan fingerprint density at radius 1 is 1.10 bits per heavy atom. The largest absolute Gasteiger partial charge is 0.413 e. The van der Waals surface area contributed by atoms with E-state index in [0.717, 1.165) is 17.7 Å². The highest BCUT2D eigenvalue weighted by Crippen LogP contribution is 2.30. The summed E-state index contributed by atoms with van der Waals surface area (Å²) in [6.45, 7) is 1.80. The molecule has 0 aliphatic heterocycles. The van der Waals surface area contributed by atoms with Crippen LogP contribution in [0.3, 0.4) is 0 Å². The van der Waals surface area contributed by atoms with Gasteiger partial charge in [0, 0.05) is 30.1 Å². The van der Waals surface area contributed by atoms with E-state index in [1.165, 1.54) is 29.2 Å². The lowest BCUT2D eigenvalue weighted by Gasteiger charge is -2.15. The van der Waals surface area contributed by atoms with Crippen LogP contribution in [0.1, 0.15) is 18.5 Å². The Kier molecular flexibility index (Phi) is 5.61. The lowest BCUT2D eigenvalue weighted by atomic mass is 10.0. The Balaban J connectivity index is 1.63. The molecular formula is C21H16F2N6O2. The third kappa shape index (κ3) is 4.69. The maximum atomic E-state index is 14.4. The summed E-state index contributed by atoms with van der Waals surface area (Å²) in [4.78, 5) is 16.4. The van der Waals surface area contributed by atoms with E-state index in [1.807, 2.05) is 0 Å². The van der Waals surface area contributed by atoms with Crippen molar-refractivity contribution in [3.05, 3.63) is 84.4 Å². The van der Waals surface area contributed by atoms with Gasteiger partial charge in [0.1, 0.15) is 23.7 Å². The Bertz CT molecular complexity index is 1200. The van der Waals surface area contributed by atoms with Crippen LogP contribution in [0.2, 0.25) is 0 Å². The van der Waals surface area contributed by atoms with Gasteiger partial charge in [0.15, 0.2) is 0 Å². The Labute approximate surface area is 175 Å². The molecule has 2 aromatic carbocycles. The average Bonchev–Trinajstić information content (AvgIpc) is 3.29.